The van der Waals surface area contributed by atoms with Crippen LogP contribution in [0, 0.1) is 6.33 Å². The van der Waals surface area contributed by atoms with Crippen LogP contribution in [0.5, 0.6) is 11.5 Å². The topological polar surface area (TPSA) is 35.9 Å². The van der Waals surface area contributed by atoms with E-state index in [0.29, 0.717) is 33.8 Å². The Balaban J connectivity index is 1.20. The van der Waals surface area contributed by atoms with Crippen LogP contribution in [0.2, 0.25) is 0 Å². The van der Waals surface area contributed by atoms with Crippen molar-refractivity contribution in [3.05, 3.63) is 245 Å². The summed E-state index contributed by atoms with van der Waals surface area (Å²) < 4.78 is 200. The summed E-state index contributed by atoms with van der Waals surface area (Å²) in [7, 11) is 0. The second kappa shape index (κ2) is 21.9. The number of aromatic nitrogens is 4. The lowest BCUT2D eigenvalue weighted by atomic mass is 9.78. The Morgan fingerprint density at radius 3 is 1.70 bits per heavy atom. The maximum absolute atomic E-state index is 10.8. The lowest BCUT2D eigenvalue weighted by Gasteiger charge is -2.28. The number of nitrogens with zero attached hydrogens (tertiary/aromatic N) is 4. The van der Waals surface area contributed by atoms with Gasteiger partial charge in [-0.1, -0.05) is 252 Å². The number of fused-ring (bicyclic) bond motifs is 5. The zero-order valence-electron chi connectivity index (χ0n) is 75.3. The van der Waals surface area contributed by atoms with E-state index in [1.54, 1.807) is 15.2 Å². The predicted octanol–water partition coefficient (Wildman–Crippen LogP) is 23.1. The third-order valence-electron chi connectivity index (χ3n) is 18.0. The fourth-order valence-electron chi connectivity index (χ4n) is 12.6. The molecule has 1 aliphatic rings. The highest BCUT2D eigenvalue weighted by Gasteiger charge is 2.42. The summed E-state index contributed by atoms with van der Waals surface area (Å²) in [5.74, 6) is 1.61. The summed E-state index contributed by atoms with van der Waals surface area (Å²) in [6.45, 7) is 16.3. The first-order chi connectivity index (χ1) is 51.5. The maximum atomic E-state index is 10.8. The van der Waals surface area contributed by atoms with Crippen molar-refractivity contribution in [2.24, 2.45) is 0 Å². The number of pyridine rings is 1. The van der Waals surface area contributed by atoms with Crippen LogP contribution in [0.4, 0.5) is 0 Å². The van der Waals surface area contributed by atoms with Gasteiger partial charge in [-0.15, -0.1) is 0 Å². The molecule has 3 heterocycles. The van der Waals surface area contributed by atoms with Gasteiger partial charge in [-0.2, -0.15) is 0 Å². The molecule has 9 aromatic carbocycles. The van der Waals surface area contributed by atoms with Crippen LogP contribution in [0.15, 0.2) is 200 Å². The quantitative estimate of drug-likeness (QED) is 0.107. The van der Waals surface area contributed by atoms with Gasteiger partial charge in [0, 0.05) is 39.5 Å². The molecule has 0 saturated heterocycles. The molecular formula is C87H92N4O. The van der Waals surface area contributed by atoms with E-state index in [1.165, 1.54) is 6.07 Å². The first kappa shape index (κ1) is 42.4. The summed E-state index contributed by atoms with van der Waals surface area (Å²) in [6.07, 6.45) is 3.87. The molecule has 0 unspecified atom stereocenters. The van der Waals surface area contributed by atoms with Gasteiger partial charge in [-0.25, -0.2) is 4.98 Å². The van der Waals surface area contributed by atoms with Crippen LogP contribution in [0.1, 0.15) is 204 Å². The second-order valence-corrected chi connectivity index (χ2v) is 30.3. The van der Waals surface area contributed by atoms with E-state index < -0.39 is 121 Å². The lowest BCUT2D eigenvalue weighted by molar-refractivity contribution is -0.571. The zero-order chi connectivity index (χ0) is 82.4. The maximum Gasteiger partial charge on any atom is 0.269 e. The molecule has 0 radical (unpaired) electrons. The molecule has 466 valence electrons. The third-order valence-corrected chi connectivity index (χ3v) is 18.0. The molecule has 0 saturated carbocycles. The van der Waals surface area contributed by atoms with Gasteiger partial charge in [0.15, 0.2) is 0 Å². The number of ether oxygens (including phenoxy) is 1. The smallest absolute Gasteiger partial charge is 0.269 e. The number of imidazole rings is 1. The van der Waals surface area contributed by atoms with Crippen LogP contribution < -0.4 is 9.30 Å². The van der Waals surface area contributed by atoms with Gasteiger partial charge in [0.2, 0.25) is 0 Å². The summed E-state index contributed by atoms with van der Waals surface area (Å²) in [4.78, 5) is 4.91. The molecule has 13 rings (SSSR count). The SMILES string of the molecule is [2H]c1c([2H])c([2H])c(-c2cc(-c3cc(C(C)(C)C)cc(C(C)(C)C)c3)c(-[n+]3[c-]n(-c4cccc(Oc5ccc6c7ccccc7n(-c7cc(C(C)(C)C)ccn7)c6c5)c4)c4cc(-c5cc(C(C)(C)C)cc(C(C)(C)C)c5)ccc43)c(-c3c([2H])c([2H])c4c(c3[2H])C(C([2H])([2H])[2H])(C([2H])([2H])[2H])CC4(C([2H])([2H])[2H])C([2H])([2H])[2H])c2)c([2H])c1[2H]. The van der Waals surface area contributed by atoms with E-state index in [4.69, 9.17) is 22.1 Å². The largest absolute Gasteiger partial charge is 0.458 e. The number of benzene rings is 9. The van der Waals surface area contributed by atoms with E-state index in [9.17, 15) is 15.1 Å². The van der Waals surface area contributed by atoms with Gasteiger partial charge in [0.1, 0.15) is 17.3 Å². The van der Waals surface area contributed by atoms with E-state index in [2.05, 4.69) is 116 Å². The molecule has 0 fully saturated rings. The van der Waals surface area contributed by atoms with Crippen molar-refractivity contribution in [1.82, 2.24) is 14.1 Å². The first-order valence-corrected chi connectivity index (χ1v) is 31.6. The predicted molar refractivity (Wildman–Crippen MR) is 388 cm³/mol. The van der Waals surface area contributed by atoms with Gasteiger partial charge in [-0.05, 0) is 195 Å². The molecule has 0 N–H and O–H groups in total. The zero-order valence-corrected chi connectivity index (χ0v) is 55.3. The van der Waals surface area contributed by atoms with Crippen LogP contribution in [-0.2, 0) is 37.9 Å². The molecule has 0 bridgehead atoms. The second-order valence-electron chi connectivity index (χ2n) is 30.3. The summed E-state index contributed by atoms with van der Waals surface area (Å²) in [5.41, 5.74) is -2.27. The molecule has 0 atom stereocenters. The molecule has 0 amide bonds. The monoisotopic (exact) mass is 1230 g/mol. The van der Waals surface area contributed by atoms with E-state index in [1.807, 2.05) is 139 Å². The minimum atomic E-state index is -3.84. The van der Waals surface area contributed by atoms with Crippen LogP contribution in [-0.4, -0.2) is 14.1 Å². The van der Waals surface area contributed by atoms with Crippen molar-refractivity contribution in [3.63, 3.8) is 0 Å². The average molecular weight is 1230 g/mol. The Morgan fingerprint density at radius 1 is 0.467 bits per heavy atom. The standard InChI is InChI=1S/C87H92N4O/c1-81(2,3)61-38-39-88-79(50-61)91-75-31-24-23-30-69(75)70-35-34-68(52-77(70)91)92-67-29-25-28-66(51-67)89-54-90(76-37-33-56(47-78(76)89)58-40-62(82(4,5)6)48-63(41-58)83(7,8)9)80-71(57-32-36-73-74(46-57)87(18,19)53-86(73,16)17)44-59(55-26-21-20-22-27-55)45-72(80)60-42-64(84(10,11)12)49-65(43-60)85(13,14)15/h20-52H,53H2,1-19H3/i16D3,17D3,18D3,19D3,20D,21D,22D,26D,27D,32D,36D,46D. The van der Waals surface area contributed by atoms with E-state index >= 15 is 0 Å². The van der Waals surface area contributed by atoms with Gasteiger partial charge in [0.05, 0.1) is 44.4 Å². The van der Waals surface area contributed by atoms with Crippen LogP contribution >= 0.6 is 0 Å². The average Bonchev–Trinajstić information content (AvgIpc) is 1.49. The molecule has 5 heteroatoms. The Bertz CT molecular complexity index is 5730. The molecule has 12 aromatic rings. The van der Waals surface area contributed by atoms with Crippen molar-refractivity contribution in [2.45, 2.75) is 176 Å². The van der Waals surface area contributed by atoms with Crippen molar-refractivity contribution < 1.29 is 36.7 Å². The van der Waals surface area contributed by atoms with Gasteiger partial charge in [0.25, 0.3) is 6.33 Å². The Kier molecular flexibility index (Phi) is 10.1. The highest BCUT2D eigenvalue weighted by atomic mass is 16.5. The van der Waals surface area contributed by atoms with Crippen molar-refractivity contribution in [3.8, 4) is 73.2 Å². The minimum Gasteiger partial charge on any atom is -0.458 e. The van der Waals surface area contributed by atoms with Crippen molar-refractivity contribution >= 4 is 32.8 Å². The number of para-hydroxylation sites is 1. The Labute approximate surface area is 575 Å². The van der Waals surface area contributed by atoms with Crippen molar-refractivity contribution in [1.29, 1.82) is 0 Å². The van der Waals surface area contributed by atoms with Crippen molar-refractivity contribution in [2.75, 3.05) is 0 Å². The normalized spacial score (nSPS) is 18.1. The van der Waals surface area contributed by atoms with Gasteiger partial charge < -0.3 is 4.74 Å². The first-order valence-electron chi connectivity index (χ1n) is 41.6. The molecule has 0 spiro atoms. The van der Waals surface area contributed by atoms with Crippen LogP contribution in [0.25, 0.3) is 94.5 Å². The Morgan fingerprint density at radius 2 is 1.05 bits per heavy atom. The van der Waals surface area contributed by atoms with E-state index in [-0.39, 0.29) is 44.2 Å². The molecule has 92 heavy (non-hydrogen) atoms. The molecule has 3 aromatic heterocycles. The van der Waals surface area contributed by atoms with E-state index in [0.717, 1.165) is 66.6 Å². The van der Waals surface area contributed by atoms with Gasteiger partial charge >= 0.3 is 0 Å². The summed E-state index contributed by atoms with van der Waals surface area (Å²) in [5, 5.41) is 1.98. The number of rotatable bonds is 9. The molecule has 0 aliphatic heterocycles. The fourth-order valence-corrected chi connectivity index (χ4v) is 12.6. The fraction of sp³-hybridized carbons (Fsp3) is 0.310. The number of hydrogen-bond donors (Lipinski definition) is 0. The summed E-state index contributed by atoms with van der Waals surface area (Å²) in [6, 6.07) is 40.1. The molecule has 5 nitrogen and oxygen atoms in total. The highest BCUT2D eigenvalue weighted by molar-refractivity contribution is 6.09. The molecule has 1 aliphatic carbocycles. The number of hydrogen-bond acceptors (Lipinski definition) is 2. The summed E-state index contributed by atoms with van der Waals surface area (Å²) >= 11 is 0. The molecular weight excluding hydrogens is 1120 g/mol. The Hall–Kier alpha value is -8.80. The highest BCUT2D eigenvalue weighted by Crippen LogP contribution is 2.52. The lowest BCUT2D eigenvalue weighted by Crippen LogP contribution is -2.31. The minimum absolute atomic E-state index is 0.0209. The van der Waals surface area contributed by atoms with Gasteiger partial charge in [-0.3, -0.25) is 13.7 Å². The third kappa shape index (κ3) is 11.5. The van der Waals surface area contributed by atoms with Crippen LogP contribution in [0.3, 0.4) is 0 Å².